The molecule has 0 saturated heterocycles. The third kappa shape index (κ3) is 2.45. The summed E-state index contributed by atoms with van der Waals surface area (Å²) in [5.74, 6) is 0.526. The van der Waals surface area contributed by atoms with Gasteiger partial charge in [0, 0.05) is 0 Å². The average Bonchev–Trinajstić information content (AvgIpc) is 2.50. The van der Waals surface area contributed by atoms with Gasteiger partial charge >= 0.3 is 0 Å². The van der Waals surface area contributed by atoms with Crippen molar-refractivity contribution in [1.29, 1.82) is 0 Å². The maximum absolute atomic E-state index is 12.2. The molecule has 0 saturated carbocycles. The SMILES string of the molecule is O=c1c(Br)c(C=Cc2ccccc2)oc2ccccc12. The predicted molar refractivity (Wildman–Crippen MR) is 85.6 cm³/mol. The number of rotatable bonds is 2. The average molecular weight is 327 g/mol. The monoisotopic (exact) mass is 326 g/mol. The van der Waals surface area contributed by atoms with Crippen LogP contribution in [0, 0.1) is 0 Å². The second kappa shape index (κ2) is 5.47. The molecule has 0 bridgehead atoms. The summed E-state index contributed by atoms with van der Waals surface area (Å²) in [5, 5.41) is 0.580. The lowest BCUT2D eigenvalue weighted by atomic mass is 10.2. The van der Waals surface area contributed by atoms with Crippen molar-refractivity contribution in [1.82, 2.24) is 0 Å². The second-order valence-electron chi connectivity index (χ2n) is 4.35. The van der Waals surface area contributed by atoms with Gasteiger partial charge < -0.3 is 4.42 Å². The lowest BCUT2D eigenvalue weighted by Gasteiger charge is -2.01. The van der Waals surface area contributed by atoms with Gasteiger partial charge in [0.2, 0.25) is 5.43 Å². The number of hydrogen-bond acceptors (Lipinski definition) is 2. The highest BCUT2D eigenvalue weighted by Crippen LogP contribution is 2.21. The molecule has 1 heterocycles. The zero-order chi connectivity index (χ0) is 13.9. The first-order valence-electron chi connectivity index (χ1n) is 6.20. The third-order valence-corrected chi connectivity index (χ3v) is 3.74. The first-order valence-corrected chi connectivity index (χ1v) is 6.99. The van der Waals surface area contributed by atoms with Crippen LogP contribution < -0.4 is 5.43 Å². The first-order chi connectivity index (χ1) is 9.75. The van der Waals surface area contributed by atoms with Gasteiger partial charge in [0.05, 0.1) is 5.39 Å². The molecular weight excluding hydrogens is 316 g/mol. The van der Waals surface area contributed by atoms with Gasteiger partial charge in [-0.3, -0.25) is 4.79 Å². The van der Waals surface area contributed by atoms with Crippen molar-refractivity contribution in [3.8, 4) is 0 Å². The Labute approximate surface area is 124 Å². The summed E-state index contributed by atoms with van der Waals surface area (Å²) < 4.78 is 6.21. The highest BCUT2D eigenvalue weighted by molar-refractivity contribution is 9.10. The lowest BCUT2D eigenvalue weighted by Crippen LogP contribution is -2.03. The molecule has 0 N–H and O–H groups in total. The Morgan fingerprint density at radius 2 is 1.60 bits per heavy atom. The fraction of sp³-hybridized carbons (Fsp3) is 0. The van der Waals surface area contributed by atoms with Crippen molar-refractivity contribution >= 4 is 39.1 Å². The van der Waals surface area contributed by atoms with Crippen LogP contribution >= 0.6 is 15.9 Å². The van der Waals surface area contributed by atoms with E-state index >= 15 is 0 Å². The largest absolute Gasteiger partial charge is 0.455 e. The highest BCUT2D eigenvalue weighted by atomic mass is 79.9. The van der Waals surface area contributed by atoms with Crippen LogP contribution in [0.5, 0.6) is 0 Å². The van der Waals surface area contributed by atoms with Crippen LogP contribution in [-0.4, -0.2) is 0 Å². The van der Waals surface area contributed by atoms with Crippen LogP contribution in [0.4, 0.5) is 0 Å². The topological polar surface area (TPSA) is 30.2 Å². The molecule has 20 heavy (non-hydrogen) atoms. The maximum Gasteiger partial charge on any atom is 0.207 e. The number of fused-ring (bicyclic) bond motifs is 1. The van der Waals surface area contributed by atoms with E-state index in [1.807, 2.05) is 48.5 Å². The van der Waals surface area contributed by atoms with Gasteiger partial charge in [0.1, 0.15) is 15.8 Å². The van der Waals surface area contributed by atoms with Gasteiger partial charge in [-0.25, -0.2) is 0 Å². The van der Waals surface area contributed by atoms with Crippen LogP contribution in [0.25, 0.3) is 23.1 Å². The van der Waals surface area contributed by atoms with E-state index in [2.05, 4.69) is 15.9 Å². The maximum atomic E-state index is 12.2. The number of benzene rings is 2. The van der Waals surface area contributed by atoms with E-state index in [1.165, 1.54) is 0 Å². The molecule has 3 aromatic rings. The van der Waals surface area contributed by atoms with Gasteiger partial charge in [-0.2, -0.15) is 0 Å². The van der Waals surface area contributed by atoms with Crippen molar-refractivity contribution in [2.24, 2.45) is 0 Å². The zero-order valence-electron chi connectivity index (χ0n) is 10.5. The zero-order valence-corrected chi connectivity index (χ0v) is 12.1. The summed E-state index contributed by atoms with van der Waals surface area (Å²) in [6, 6.07) is 17.1. The molecule has 0 amide bonds. The molecule has 1 aromatic heterocycles. The lowest BCUT2D eigenvalue weighted by molar-refractivity contribution is 0.587. The molecule has 0 atom stereocenters. The number of halogens is 1. The Hall–Kier alpha value is -2.13. The summed E-state index contributed by atoms with van der Waals surface area (Å²) in [4.78, 5) is 12.2. The van der Waals surface area contributed by atoms with Crippen molar-refractivity contribution in [2.45, 2.75) is 0 Å². The number of hydrogen-bond donors (Lipinski definition) is 0. The molecule has 0 aliphatic rings. The van der Waals surface area contributed by atoms with Gasteiger partial charge in [-0.05, 0) is 39.7 Å². The van der Waals surface area contributed by atoms with E-state index in [1.54, 1.807) is 18.2 Å². The molecular formula is C17H11BrO2. The van der Waals surface area contributed by atoms with E-state index in [4.69, 9.17) is 4.42 Å². The molecule has 3 rings (SSSR count). The Morgan fingerprint density at radius 1 is 0.900 bits per heavy atom. The molecule has 3 heteroatoms. The molecule has 0 fully saturated rings. The fourth-order valence-electron chi connectivity index (χ4n) is 1.98. The van der Waals surface area contributed by atoms with E-state index in [-0.39, 0.29) is 5.43 Å². The minimum absolute atomic E-state index is 0.0560. The van der Waals surface area contributed by atoms with Crippen LogP contribution in [0.3, 0.4) is 0 Å². The highest BCUT2D eigenvalue weighted by Gasteiger charge is 2.09. The molecule has 0 aliphatic carbocycles. The van der Waals surface area contributed by atoms with E-state index < -0.39 is 0 Å². The van der Waals surface area contributed by atoms with Gasteiger partial charge in [0.15, 0.2) is 0 Å². The first kappa shape index (κ1) is 12.9. The smallest absolute Gasteiger partial charge is 0.207 e. The predicted octanol–water partition coefficient (Wildman–Crippen LogP) is 4.73. The Morgan fingerprint density at radius 3 is 2.40 bits per heavy atom. The standard InChI is InChI=1S/C17H11BrO2/c18-16-15(11-10-12-6-2-1-3-7-12)20-14-9-5-4-8-13(14)17(16)19/h1-11H. The molecule has 0 aliphatic heterocycles. The summed E-state index contributed by atoms with van der Waals surface area (Å²) in [6.07, 6.45) is 3.71. The quantitative estimate of drug-likeness (QED) is 0.681. The van der Waals surface area contributed by atoms with E-state index in [0.29, 0.717) is 21.2 Å². The minimum atomic E-state index is -0.0560. The van der Waals surface area contributed by atoms with Crippen LogP contribution in [0.2, 0.25) is 0 Å². The summed E-state index contributed by atoms with van der Waals surface area (Å²) in [5.41, 5.74) is 1.59. The Bertz CT molecular complexity index is 832. The Balaban J connectivity index is 2.11. The minimum Gasteiger partial charge on any atom is -0.455 e. The van der Waals surface area contributed by atoms with E-state index in [9.17, 15) is 4.79 Å². The van der Waals surface area contributed by atoms with Crippen LogP contribution in [0.15, 0.2) is 68.3 Å². The molecule has 2 nitrogen and oxygen atoms in total. The van der Waals surface area contributed by atoms with Crippen molar-refractivity contribution in [2.75, 3.05) is 0 Å². The van der Waals surface area contributed by atoms with Crippen molar-refractivity contribution in [3.63, 3.8) is 0 Å². The normalized spacial score (nSPS) is 11.2. The summed E-state index contributed by atoms with van der Waals surface area (Å²) in [7, 11) is 0. The molecule has 0 unspecified atom stereocenters. The fourth-order valence-corrected chi connectivity index (χ4v) is 2.41. The van der Waals surface area contributed by atoms with Gasteiger partial charge in [-0.15, -0.1) is 0 Å². The number of para-hydroxylation sites is 1. The summed E-state index contributed by atoms with van der Waals surface area (Å²) >= 11 is 3.32. The molecule has 0 radical (unpaired) electrons. The third-order valence-electron chi connectivity index (χ3n) is 2.99. The molecule has 0 spiro atoms. The summed E-state index contributed by atoms with van der Waals surface area (Å²) in [6.45, 7) is 0. The van der Waals surface area contributed by atoms with Gasteiger partial charge in [-0.1, -0.05) is 48.5 Å². The van der Waals surface area contributed by atoms with Crippen LogP contribution in [0.1, 0.15) is 11.3 Å². The van der Waals surface area contributed by atoms with Gasteiger partial charge in [0.25, 0.3) is 0 Å². The van der Waals surface area contributed by atoms with Crippen molar-refractivity contribution in [3.05, 3.63) is 80.6 Å². The Kier molecular flexibility index (Phi) is 3.52. The molecule has 2 aromatic carbocycles. The van der Waals surface area contributed by atoms with Crippen LogP contribution in [-0.2, 0) is 0 Å². The molecule has 98 valence electrons. The van der Waals surface area contributed by atoms with E-state index in [0.717, 1.165) is 5.56 Å². The van der Waals surface area contributed by atoms with Crippen molar-refractivity contribution < 1.29 is 4.42 Å². The second-order valence-corrected chi connectivity index (χ2v) is 5.14.